The minimum absolute atomic E-state index is 0.185. The summed E-state index contributed by atoms with van der Waals surface area (Å²) in [5, 5.41) is 0. The smallest absolute Gasteiger partial charge is 0.293 e. The number of ether oxygens (including phenoxy) is 17. The number of carbonyl (C=O) groups excluding carboxylic acids is 2. The predicted molar refractivity (Wildman–Crippen MR) is 298 cm³/mol. The molecule has 0 bridgehead atoms. The third-order valence-electron chi connectivity index (χ3n) is 11.2. The quantitative estimate of drug-likeness (QED) is 0.0311. The first-order valence-corrected chi connectivity index (χ1v) is 26.9. The number of carbonyl (C=O) groups is 2. The van der Waals surface area contributed by atoms with Crippen LogP contribution in [0, 0.1) is 27.7 Å². The third kappa shape index (κ3) is 33.9. The number of hydrogen-bond donors (Lipinski definition) is 0. The molecule has 0 unspecified atom stereocenters. The lowest BCUT2D eigenvalue weighted by molar-refractivity contribution is -0.130. The molecule has 0 saturated heterocycles. The van der Waals surface area contributed by atoms with Crippen molar-refractivity contribution in [1.82, 2.24) is 0 Å². The van der Waals surface area contributed by atoms with Crippen molar-refractivity contribution in [3.63, 3.8) is 0 Å². The second-order valence-corrected chi connectivity index (χ2v) is 17.6. The number of benzene rings is 4. The van der Waals surface area contributed by atoms with Gasteiger partial charge in [0.25, 0.3) is 12.9 Å². The average molecular weight is 1110 g/mol. The maximum atomic E-state index is 10.7. The van der Waals surface area contributed by atoms with Crippen LogP contribution in [0.3, 0.4) is 0 Å². The van der Waals surface area contributed by atoms with Crippen LogP contribution in [-0.2, 0) is 93.9 Å². The van der Waals surface area contributed by atoms with Crippen LogP contribution >= 0.6 is 0 Å². The van der Waals surface area contributed by atoms with Gasteiger partial charge in [0.1, 0.15) is 37.9 Å². The van der Waals surface area contributed by atoms with Crippen LogP contribution in [0.5, 0.6) is 11.5 Å². The van der Waals surface area contributed by atoms with Gasteiger partial charge in [-0.2, -0.15) is 0 Å². The summed E-state index contributed by atoms with van der Waals surface area (Å²) in [5.41, 5.74) is 10.7. The van der Waals surface area contributed by atoms with E-state index in [0.717, 1.165) is 44.5 Å². The van der Waals surface area contributed by atoms with E-state index in [9.17, 15) is 9.59 Å². The van der Waals surface area contributed by atoms with Crippen LogP contribution in [0.15, 0.2) is 72.8 Å². The van der Waals surface area contributed by atoms with Crippen molar-refractivity contribution in [3.8, 4) is 33.8 Å². The molecule has 19 heteroatoms. The molecule has 0 saturated carbocycles. The molecule has 0 fully saturated rings. The summed E-state index contributed by atoms with van der Waals surface area (Å²) in [6.07, 6.45) is 0. The zero-order chi connectivity index (χ0) is 56.6. The van der Waals surface area contributed by atoms with Crippen molar-refractivity contribution in [2.75, 3.05) is 186 Å². The Labute approximate surface area is 468 Å². The molecule has 0 heterocycles. The summed E-state index contributed by atoms with van der Waals surface area (Å²) in [6, 6.07) is 24.4. The van der Waals surface area contributed by atoms with E-state index < -0.39 is 0 Å². The standard InChI is InChI=1S/C31H46O10.C29H42O9/c1-26-4-5-27(2)31(20-26)29-21-28(24-40-25-32)22-30(23-29)41-19-18-39-17-16-38-15-14-37-13-12-36-11-10-35-9-8-34-7-6-33-3;1-24-4-5-25(2)29(18-24)27-19-26(22-37-23-30)20-28(21-27)38-17-16-36-15-14-35-13-12-34-11-10-33-9-8-32-7-6-31-3/h4-5,20-23,25H,6-19,24H2,1-3H3;4-5,18-21,23H,6-17,22H2,1-3H3. The third-order valence-corrected chi connectivity index (χ3v) is 11.2. The zero-order valence-electron chi connectivity index (χ0n) is 47.6. The van der Waals surface area contributed by atoms with E-state index in [4.69, 9.17) is 80.5 Å². The van der Waals surface area contributed by atoms with E-state index in [1.165, 1.54) is 11.1 Å². The maximum Gasteiger partial charge on any atom is 0.293 e. The lowest BCUT2D eigenvalue weighted by Crippen LogP contribution is -2.15. The summed E-state index contributed by atoms with van der Waals surface area (Å²) in [6.45, 7) is 22.7. The molecule has 19 nitrogen and oxygen atoms in total. The Kier molecular flexibility index (Phi) is 40.2. The Morgan fingerprint density at radius 2 is 0.582 bits per heavy atom. The molecular weight excluding hydrogens is 1020 g/mol. The molecule has 0 aromatic heterocycles. The van der Waals surface area contributed by atoms with Crippen molar-refractivity contribution in [2.24, 2.45) is 0 Å². The highest BCUT2D eigenvalue weighted by Crippen LogP contribution is 2.31. The summed E-state index contributed by atoms with van der Waals surface area (Å²) in [7, 11) is 3.29. The molecule has 0 amide bonds. The molecule has 0 aliphatic heterocycles. The van der Waals surface area contributed by atoms with E-state index in [1.54, 1.807) is 14.2 Å². The van der Waals surface area contributed by atoms with E-state index in [0.29, 0.717) is 196 Å². The molecule has 442 valence electrons. The predicted octanol–water partition coefficient (Wildman–Crippen LogP) is 7.52. The number of rotatable bonds is 49. The van der Waals surface area contributed by atoms with Crippen molar-refractivity contribution in [1.29, 1.82) is 0 Å². The molecule has 4 aromatic carbocycles. The first-order chi connectivity index (χ1) is 38.8. The minimum atomic E-state index is 0.185. The first kappa shape index (κ1) is 68.2. The SMILES string of the molecule is COCCOCCOCCOCCOCCOCCOCCOc1cc(COC=O)cc(-c2cc(C)ccc2C)c1.COCCOCCOCCOCCOCCOCCOc1cc(COC=O)cc(-c2cc(C)ccc2C)c1. The van der Waals surface area contributed by atoms with Crippen molar-refractivity contribution in [3.05, 3.63) is 106 Å². The van der Waals surface area contributed by atoms with Gasteiger partial charge in [-0.05, 0) is 109 Å². The highest BCUT2D eigenvalue weighted by molar-refractivity contribution is 5.71. The fourth-order valence-electron chi connectivity index (χ4n) is 7.22. The van der Waals surface area contributed by atoms with Gasteiger partial charge in [0, 0.05) is 14.2 Å². The van der Waals surface area contributed by atoms with Gasteiger partial charge in [0.15, 0.2) is 0 Å². The summed E-state index contributed by atoms with van der Waals surface area (Å²) >= 11 is 0. The number of aryl methyl sites for hydroxylation is 4. The lowest BCUT2D eigenvalue weighted by atomic mass is 9.97. The van der Waals surface area contributed by atoms with Gasteiger partial charge in [-0.25, -0.2) is 0 Å². The van der Waals surface area contributed by atoms with Gasteiger partial charge in [-0.1, -0.05) is 47.5 Å². The molecule has 0 aliphatic carbocycles. The van der Waals surface area contributed by atoms with Crippen LogP contribution in [-0.4, -0.2) is 199 Å². The molecule has 0 spiro atoms. The van der Waals surface area contributed by atoms with Gasteiger partial charge in [0.05, 0.1) is 159 Å². The molecule has 79 heavy (non-hydrogen) atoms. The van der Waals surface area contributed by atoms with E-state index in [1.807, 2.05) is 36.4 Å². The highest BCUT2D eigenvalue weighted by atomic mass is 16.6. The van der Waals surface area contributed by atoms with Crippen molar-refractivity contribution >= 4 is 12.9 Å². The zero-order valence-corrected chi connectivity index (χ0v) is 47.6. The fourth-order valence-corrected chi connectivity index (χ4v) is 7.22. The van der Waals surface area contributed by atoms with Crippen LogP contribution in [0.25, 0.3) is 22.3 Å². The summed E-state index contributed by atoms with van der Waals surface area (Å²) in [5.74, 6) is 1.40. The molecule has 4 aromatic rings. The lowest BCUT2D eigenvalue weighted by Gasteiger charge is -2.13. The minimum Gasteiger partial charge on any atom is -0.491 e. The van der Waals surface area contributed by atoms with Gasteiger partial charge in [-0.3, -0.25) is 9.59 Å². The van der Waals surface area contributed by atoms with Gasteiger partial charge < -0.3 is 80.5 Å². The van der Waals surface area contributed by atoms with Crippen LogP contribution in [0.2, 0.25) is 0 Å². The largest absolute Gasteiger partial charge is 0.491 e. The molecular formula is C60H88O19. The molecule has 0 N–H and O–H groups in total. The van der Waals surface area contributed by atoms with Crippen LogP contribution in [0.4, 0.5) is 0 Å². The van der Waals surface area contributed by atoms with Gasteiger partial charge >= 0.3 is 0 Å². The molecule has 0 radical (unpaired) electrons. The van der Waals surface area contributed by atoms with Gasteiger partial charge in [0.2, 0.25) is 0 Å². The summed E-state index contributed by atoms with van der Waals surface area (Å²) in [4.78, 5) is 21.4. The topological polar surface area (TPSA) is 191 Å². The van der Waals surface area contributed by atoms with Crippen molar-refractivity contribution < 1.29 is 90.1 Å². The van der Waals surface area contributed by atoms with Crippen LogP contribution < -0.4 is 9.47 Å². The Balaban J connectivity index is 0.000000416. The Bertz CT molecular complexity index is 2160. The Hall–Kier alpha value is -5.10. The monoisotopic (exact) mass is 1110 g/mol. The first-order valence-electron chi connectivity index (χ1n) is 26.9. The van der Waals surface area contributed by atoms with Gasteiger partial charge in [-0.15, -0.1) is 0 Å². The molecule has 0 aliphatic rings. The maximum absolute atomic E-state index is 10.7. The molecule has 4 rings (SSSR count). The van der Waals surface area contributed by atoms with Crippen LogP contribution in [0.1, 0.15) is 33.4 Å². The van der Waals surface area contributed by atoms with E-state index in [2.05, 4.69) is 64.1 Å². The Morgan fingerprint density at radius 3 is 0.848 bits per heavy atom. The molecule has 0 atom stereocenters. The summed E-state index contributed by atoms with van der Waals surface area (Å²) < 4.78 is 91.7. The van der Waals surface area contributed by atoms with E-state index in [-0.39, 0.29) is 13.2 Å². The second-order valence-electron chi connectivity index (χ2n) is 17.6. The number of methoxy groups -OCH3 is 2. The van der Waals surface area contributed by atoms with E-state index >= 15 is 0 Å². The normalized spacial score (nSPS) is 11.1. The average Bonchev–Trinajstić information content (AvgIpc) is 3.47. The highest BCUT2D eigenvalue weighted by Gasteiger charge is 2.11. The number of hydrogen-bond acceptors (Lipinski definition) is 19. The fraction of sp³-hybridized carbons (Fsp3) is 0.567. The second kappa shape index (κ2) is 46.6. The van der Waals surface area contributed by atoms with Crippen molar-refractivity contribution in [2.45, 2.75) is 40.9 Å². The Morgan fingerprint density at radius 1 is 0.316 bits per heavy atom.